The number of ether oxygens (including phenoxy) is 3. The highest BCUT2D eigenvalue weighted by Gasteiger charge is 2.50. The molecule has 0 aliphatic carbocycles. The zero-order chi connectivity index (χ0) is 22.8. The molecular formula is C26H28N2O4. The Labute approximate surface area is 188 Å². The second kappa shape index (κ2) is 8.83. The van der Waals surface area contributed by atoms with Gasteiger partial charge in [-0.05, 0) is 23.3 Å². The number of benzene rings is 3. The van der Waals surface area contributed by atoms with Crippen LogP contribution in [0, 0.1) is 0 Å². The Morgan fingerprint density at radius 2 is 1.38 bits per heavy atom. The number of β-lactam (4-membered cyclic amide) rings is 1. The molecule has 1 saturated heterocycles. The van der Waals surface area contributed by atoms with Gasteiger partial charge >= 0.3 is 0 Å². The summed E-state index contributed by atoms with van der Waals surface area (Å²) in [4.78, 5) is 17.3. The average molecular weight is 433 g/mol. The number of carbonyl (C=O) groups is 1. The van der Waals surface area contributed by atoms with E-state index in [0.717, 1.165) is 16.8 Å². The molecule has 32 heavy (non-hydrogen) atoms. The molecule has 1 heterocycles. The maximum absolute atomic E-state index is 13.5. The molecule has 0 unspecified atom stereocenters. The summed E-state index contributed by atoms with van der Waals surface area (Å²) >= 11 is 0. The van der Waals surface area contributed by atoms with Crippen LogP contribution >= 0.6 is 0 Å². The molecule has 6 nitrogen and oxygen atoms in total. The first-order chi connectivity index (χ1) is 15.5. The Morgan fingerprint density at radius 1 is 0.781 bits per heavy atom. The van der Waals surface area contributed by atoms with Gasteiger partial charge in [0.15, 0.2) is 11.5 Å². The van der Waals surface area contributed by atoms with Gasteiger partial charge in [0.25, 0.3) is 0 Å². The first kappa shape index (κ1) is 21.6. The van der Waals surface area contributed by atoms with E-state index in [1.54, 1.807) is 21.3 Å². The van der Waals surface area contributed by atoms with Crippen molar-refractivity contribution < 1.29 is 19.0 Å². The quantitative estimate of drug-likeness (QED) is 0.509. The summed E-state index contributed by atoms with van der Waals surface area (Å²) < 4.78 is 16.5. The van der Waals surface area contributed by atoms with Crippen LogP contribution in [0.3, 0.4) is 0 Å². The second-order valence-corrected chi connectivity index (χ2v) is 7.91. The first-order valence-corrected chi connectivity index (χ1v) is 10.5. The van der Waals surface area contributed by atoms with Gasteiger partial charge in [0, 0.05) is 31.9 Å². The largest absolute Gasteiger partial charge is 0.493 e. The van der Waals surface area contributed by atoms with Gasteiger partial charge in [-0.1, -0.05) is 42.5 Å². The average Bonchev–Trinajstić information content (AvgIpc) is 2.82. The second-order valence-electron chi connectivity index (χ2n) is 7.91. The van der Waals surface area contributed by atoms with Crippen LogP contribution in [0.5, 0.6) is 17.2 Å². The van der Waals surface area contributed by atoms with Gasteiger partial charge in [-0.3, -0.25) is 4.79 Å². The van der Waals surface area contributed by atoms with Crippen molar-refractivity contribution in [1.82, 2.24) is 0 Å². The fraction of sp³-hybridized carbons (Fsp3) is 0.269. The van der Waals surface area contributed by atoms with Crippen molar-refractivity contribution in [3.8, 4) is 17.2 Å². The smallest absolute Gasteiger partial charge is 0.237 e. The van der Waals surface area contributed by atoms with Gasteiger partial charge in [-0.25, -0.2) is 0 Å². The zero-order valence-corrected chi connectivity index (χ0v) is 19.0. The maximum Gasteiger partial charge on any atom is 0.237 e. The molecular weight excluding hydrogens is 404 g/mol. The number of rotatable bonds is 7. The van der Waals surface area contributed by atoms with E-state index in [2.05, 4.69) is 29.2 Å². The monoisotopic (exact) mass is 432 g/mol. The van der Waals surface area contributed by atoms with E-state index in [0.29, 0.717) is 22.9 Å². The molecule has 1 aliphatic rings. The zero-order valence-electron chi connectivity index (χ0n) is 19.0. The number of amides is 1. The highest BCUT2D eigenvalue weighted by molar-refractivity contribution is 6.07. The normalized spacial score (nSPS) is 17.5. The molecule has 0 aromatic heterocycles. The van der Waals surface area contributed by atoms with Crippen molar-refractivity contribution in [2.45, 2.75) is 12.0 Å². The van der Waals surface area contributed by atoms with Gasteiger partial charge in [-0.15, -0.1) is 0 Å². The van der Waals surface area contributed by atoms with Crippen LogP contribution in [-0.4, -0.2) is 41.3 Å². The SMILES string of the molecule is COc1cc(N2C(=O)[C@H](c3ccccc3)[C@H]2c2ccc(N(C)C)cc2)cc(OC)c1OC. The lowest BCUT2D eigenvalue weighted by molar-refractivity contribution is -0.126. The first-order valence-electron chi connectivity index (χ1n) is 10.5. The Hall–Kier alpha value is -3.67. The van der Waals surface area contributed by atoms with E-state index >= 15 is 0 Å². The maximum atomic E-state index is 13.5. The molecule has 3 aromatic rings. The molecule has 6 heteroatoms. The van der Waals surface area contributed by atoms with Crippen molar-refractivity contribution in [2.24, 2.45) is 0 Å². The molecule has 1 amide bonds. The molecule has 1 fully saturated rings. The van der Waals surface area contributed by atoms with Crippen LogP contribution in [0.4, 0.5) is 11.4 Å². The predicted molar refractivity (Wildman–Crippen MR) is 126 cm³/mol. The molecule has 4 rings (SSSR count). The molecule has 0 spiro atoms. The number of nitrogens with zero attached hydrogens (tertiary/aromatic N) is 2. The van der Waals surface area contributed by atoms with Crippen molar-refractivity contribution in [3.05, 3.63) is 77.9 Å². The van der Waals surface area contributed by atoms with E-state index in [-0.39, 0.29) is 17.9 Å². The van der Waals surface area contributed by atoms with Crippen LogP contribution in [0.25, 0.3) is 0 Å². The van der Waals surface area contributed by atoms with Crippen molar-refractivity contribution in [2.75, 3.05) is 45.2 Å². The number of carbonyl (C=O) groups excluding carboxylic acids is 1. The summed E-state index contributed by atoms with van der Waals surface area (Å²) in [6.07, 6.45) is 0. The lowest BCUT2D eigenvalue weighted by atomic mass is 9.77. The fourth-order valence-corrected chi connectivity index (χ4v) is 4.28. The summed E-state index contributed by atoms with van der Waals surface area (Å²) in [5.41, 5.74) is 3.88. The minimum absolute atomic E-state index is 0.0344. The summed E-state index contributed by atoms with van der Waals surface area (Å²) in [6, 6.07) is 21.7. The third kappa shape index (κ3) is 3.62. The van der Waals surface area contributed by atoms with Gasteiger partial charge in [0.2, 0.25) is 11.7 Å². The minimum atomic E-state index is -0.263. The Bertz CT molecular complexity index is 1070. The highest BCUT2D eigenvalue weighted by atomic mass is 16.5. The van der Waals surface area contributed by atoms with E-state index in [1.165, 1.54) is 0 Å². The van der Waals surface area contributed by atoms with Crippen LogP contribution in [0.2, 0.25) is 0 Å². The predicted octanol–water partition coefficient (Wildman–Crippen LogP) is 4.65. The molecule has 166 valence electrons. The summed E-state index contributed by atoms with van der Waals surface area (Å²) in [5.74, 6) is 1.30. The van der Waals surface area contributed by atoms with E-state index < -0.39 is 0 Å². The van der Waals surface area contributed by atoms with Crippen molar-refractivity contribution in [1.29, 1.82) is 0 Å². The van der Waals surface area contributed by atoms with Gasteiger partial charge < -0.3 is 24.0 Å². The number of hydrogen-bond acceptors (Lipinski definition) is 5. The van der Waals surface area contributed by atoms with Crippen LogP contribution in [0.15, 0.2) is 66.7 Å². The lowest BCUT2D eigenvalue weighted by Crippen LogP contribution is -2.53. The summed E-state index contributed by atoms with van der Waals surface area (Å²) in [7, 11) is 8.73. The van der Waals surface area contributed by atoms with Gasteiger partial charge in [0.1, 0.15) is 0 Å². The molecule has 0 saturated carbocycles. The Kier molecular flexibility index (Phi) is 5.95. The van der Waals surface area contributed by atoms with E-state index in [1.807, 2.05) is 61.5 Å². The Balaban J connectivity index is 1.81. The van der Waals surface area contributed by atoms with E-state index in [9.17, 15) is 4.79 Å². The highest BCUT2D eigenvalue weighted by Crippen LogP contribution is 2.51. The van der Waals surface area contributed by atoms with Gasteiger partial charge in [0.05, 0.1) is 39.0 Å². The number of hydrogen-bond donors (Lipinski definition) is 0. The van der Waals surface area contributed by atoms with Crippen LogP contribution in [-0.2, 0) is 4.79 Å². The molecule has 1 aliphatic heterocycles. The van der Waals surface area contributed by atoms with Crippen LogP contribution in [0.1, 0.15) is 23.1 Å². The minimum Gasteiger partial charge on any atom is -0.493 e. The number of methoxy groups -OCH3 is 3. The summed E-state index contributed by atoms with van der Waals surface area (Å²) in [6.45, 7) is 0. The molecule has 0 N–H and O–H groups in total. The third-order valence-corrected chi connectivity index (χ3v) is 5.93. The van der Waals surface area contributed by atoms with E-state index in [4.69, 9.17) is 14.2 Å². The Morgan fingerprint density at radius 3 is 1.88 bits per heavy atom. The summed E-state index contributed by atoms with van der Waals surface area (Å²) in [5, 5.41) is 0. The van der Waals surface area contributed by atoms with Gasteiger partial charge in [-0.2, -0.15) is 0 Å². The lowest BCUT2D eigenvalue weighted by Gasteiger charge is -2.48. The fourth-order valence-electron chi connectivity index (χ4n) is 4.28. The topological polar surface area (TPSA) is 51.2 Å². The van der Waals surface area contributed by atoms with Crippen molar-refractivity contribution in [3.63, 3.8) is 0 Å². The molecule has 3 aromatic carbocycles. The standard InChI is InChI=1S/C26H28N2O4/c1-27(2)19-13-11-18(12-14-19)24-23(17-9-7-6-8-10-17)26(29)28(24)20-15-21(30-3)25(32-5)22(16-20)31-4/h6-16,23-24H,1-5H3/t23-,24-/m1/s1. The molecule has 0 radical (unpaired) electrons. The third-order valence-electron chi connectivity index (χ3n) is 5.93. The van der Waals surface area contributed by atoms with Crippen LogP contribution < -0.4 is 24.0 Å². The molecule has 2 atom stereocenters. The number of anilines is 2. The van der Waals surface area contributed by atoms with Crippen molar-refractivity contribution >= 4 is 17.3 Å². The molecule has 0 bridgehead atoms.